The Morgan fingerprint density at radius 3 is 2.39 bits per heavy atom. The number of benzene rings is 1. The summed E-state index contributed by atoms with van der Waals surface area (Å²) in [5.74, 6) is 1.48. The van der Waals surface area contributed by atoms with Gasteiger partial charge in [-0.05, 0) is 30.5 Å². The highest BCUT2D eigenvalue weighted by Gasteiger charge is 2.22. The van der Waals surface area contributed by atoms with Gasteiger partial charge in [0.05, 0.1) is 18.6 Å². The van der Waals surface area contributed by atoms with E-state index >= 15 is 0 Å². The maximum atomic E-state index is 11.3. The Kier molecular flexibility index (Phi) is 4.24. The summed E-state index contributed by atoms with van der Waals surface area (Å²) in [7, 11) is -1.12. The van der Waals surface area contributed by atoms with Crippen LogP contribution in [0.2, 0.25) is 0 Å². The second kappa shape index (κ2) is 5.71. The maximum Gasteiger partial charge on any atom is 0.150 e. The molecule has 1 aromatic carbocycles. The van der Waals surface area contributed by atoms with Gasteiger partial charge in [0.15, 0.2) is 0 Å². The maximum absolute atomic E-state index is 11.3. The van der Waals surface area contributed by atoms with E-state index in [0.29, 0.717) is 17.5 Å². The van der Waals surface area contributed by atoms with E-state index in [2.05, 4.69) is 5.32 Å². The van der Waals surface area contributed by atoms with Crippen LogP contribution >= 0.6 is 0 Å². The first kappa shape index (κ1) is 13.4. The fraction of sp³-hybridized carbons (Fsp3) is 0.538. The highest BCUT2D eigenvalue weighted by atomic mass is 32.2. The Hall–Kier alpha value is -1.07. The van der Waals surface area contributed by atoms with Crippen molar-refractivity contribution in [3.8, 4) is 5.75 Å². The van der Waals surface area contributed by atoms with Gasteiger partial charge in [0.25, 0.3) is 0 Å². The van der Waals surface area contributed by atoms with E-state index in [4.69, 9.17) is 4.74 Å². The van der Waals surface area contributed by atoms with Crippen LogP contribution in [0.25, 0.3) is 0 Å². The zero-order chi connectivity index (χ0) is 13.0. The molecule has 1 heterocycles. The van der Waals surface area contributed by atoms with Crippen molar-refractivity contribution in [2.45, 2.75) is 25.4 Å². The molecule has 4 nitrogen and oxygen atoms in total. The zero-order valence-electron chi connectivity index (χ0n) is 10.6. The van der Waals surface area contributed by atoms with Crippen LogP contribution in [0.4, 0.5) is 0 Å². The third kappa shape index (κ3) is 3.71. The van der Waals surface area contributed by atoms with E-state index in [0.717, 1.165) is 25.1 Å². The topological polar surface area (TPSA) is 55.4 Å². The molecule has 0 radical (unpaired) electrons. The van der Waals surface area contributed by atoms with Gasteiger partial charge in [-0.25, -0.2) is 8.42 Å². The second-order valence-electron chi connectivity index (χ2n) is 4.66. The normalized spacial score (nSPS) is 19.6. The minimum absolute atomic E-state index is 0.313. The summed E-state index contributed by atoms with van der Waals surface area (Å²) < 4.78 is 27.7. The summed E-state index contributed by atoms with van der Waals surface area (Å²) in [5, 5.41) is 3.41. The quantitative estimate of drug-likeness (QED) is 0.897. The average molecular weight is 269 g/mol. The van der Waals surface area contributed by atoms with Crippen LogP contribution < -0.4 is 10.1 Å². The highest BCUT2D eigenvalue weighted by molar-refractivity contribution is 7.91. The first-order chi connectivity index (χ1) is 8.59. The van der Waals surface area contributed by atoms with Crippen molar-refractivity contribution in [1.82, 2.24) is 5.32 Å². The molecule has 2 rings (SSSR count). The van der Waals surface area contributed by atoms with Gasteiger partial charge in [0.1, 0.15) is 15.6 Å². The zero-order valence-corrected chi connectivity index (χ0v) is 11.4. The van der Waals surface area contributed by atoms with E-state index in [1.54, 1.807) is 7.11 Å². The number of hydrogen-bond donors (Lipinski definition) is 1. The first-order valence-corrected chi connectivity index (χ1v) is 7.98. The van der Waals surface area contributed by atoms with Crippen LogP contribution in [0.3, 0.4) is 0 Å². The molecular weight excluding hydrogens is 250 g/mol. The molecule has 18 heavy (non-hydrogen) atoms. The van der Waals surface area contributed by atoms with Gasteiger partial charge in [-0.2, -0.15) is 0 Å². The van der Waals surface area contributed by atoms with Crippen LogP contribution in [0.5, 0.6) is 5.75 Å². The van der Waals surface area contributed by atoms with Gasteiger partial charge in [0.2, 0.25) is 0 Å². The van der Waals surface area contributed by atoms with Crippen LogP contribution in [0.15, 0.2) is 24.3 Å². The number of ether oxygens (including phenoxy) is 1. The Morgan fingerprint density at radius 2 is 1.83 bits per heavy atom. The van der Waals surface area contributed by atoms with Crippen molar-refractivity contribution in [3.63, 3.8) is 0 Å². The Labute approximate surface area is 108 Å². The van der Waals surface area contributed by atoms with E-state index in [1.165, 1.54) is 5.56 Å². The van der Waals surface area contributed by atoms with Gasteiger partial charge in [-0.3, -0.25) is 0 Å². The molecule has 0 aromatic heterocycles. The molecule has 0 bridgehead atoms. The van der Waals surface area contributed by atoms with Crippen LogP contribution in [-0.4, -0.2) is 33.1 Å². The number of rotatable bonds is 4. The van der Waals surface area contributed by atoms with Gasteiger partial charge in [0, 0.05) is 12.6 Å². The summed E-state index contributed by atoms with van der Waals surface area (Å²) in [6.07, 6.45) is 1.44. The number of methoxy groups -OCH3 is 1. The molecule has 1 saturated heterocycles. The molecule has 1 aliphatic rings. The molecule has 0 spiro atoms. The lowest BCUT2D eigenvalue weighted by Gasteiger charge is -2.23. The molecule has 1 fully saturated rings. The van der Waals surface area contributed by atoms with E-state index < -0.39 is 9.84 Å². The molecule has 100 valence electrons. The number of hydrogen-bond acceptors (Lipinski definition) is 4. The molecule has 1 aliphatic heterocycles. The molecule has 0 amide bonds. The minimum Gasteiger partial charge on any atom is -0.497 e. The fourth-order valence-corrected chi connectivity index (χ4v) is 3.59. The second-order valence-corrected chi connectivity index (χ2v) is 6.96. The van der Waals surface area contributed by atoms with Crippen molar-refractivity contribution in [3.05, 3.63) is 29.8 Å². The predicted octanol–water partition coefficient (Wildman–Crippen LogP) is 1.36. The SMILES string of the molecule is COc1ccc(CNC2CCS(=O)(=O)CC2)cc1. The fourth-order valence-electron chi connectivity index (χ4n) is 2.10. The Bertz CT molecular complexity index is 467. The summed E-state index contributed by atoms with van der Waals surface area (Å²) >= 11 is 0. The van der Waals surface area contributed by atoms with Crippen LogP contribution in [0.1, 0.15) is 18.4 Å². The third-order valence-corrected chi connectivity index (χ3v) is 5.02. The van der Waals surface area contributed by atoms with Crippen molar-refractivity contribution >= 4 is 9.84 Å². The monoisotopic (exact) mass is 269 g/mol. The molecular formula is C13H19NO3S. The average Bonchev–Trinajstić information content (AvgIpc) is 2.38. The lowest BCUT2D eigenvalue weighted by molar-refractivity contribution is 0.414. The number of sulfone groups is 1. The minimum atomic E-state index is -2.76. The van der Waals surface area contributed by atoms with Gasteiger partial charge in [-0.15, -0.1) is 0 Å². The van der Waals surface area contributed by atoms with Crippen molar-refractivity contribution < 1.29 is 13.2 Å². The summed E-state index contributed by atoms with van der Waals surface area (Å²) in [6.45, 7) is 0.773. The smallest absolute Gasteiger partial charge is 0.150 e. The molecule has 0 unspecified atom stereocenters. The highest BCUT2D eigenvalue weighted by Crippen LogP contribution is 2.14. The van der Waals surface area contributed by atoms with E-state index in [1.807, 2.05) is 24.3 Å². The van der Waals surface area contributed by atoms with Crippen LogP contribution in [-0.2, 0) is 16.4 Å². The third-order valence-electron chi connectivity index (χ3n) is 3.31. The molecule has 1 aromatic rings. The first-order valence-electron chi connectivity index (χ1n) is 6.16. The van der Waals surface area contributed by atoms with Gasteiger partial charge in [-0.1, -0.05) is 12.1 Å². The Balaban J connectivity index is 1.81. The summed E-state index contributed by atoms with van der Waals surface area (Å²) in [6, 6.07) is 8.22. The summed E-state index contributed by atoms with van der Waals surface area (Å²) in [5.41, 5.74) is 1.18. The molecule has 0 saturated carbocycles. The lowest BCUT2D eigenvalue weighted by atomic mass is 10.1. The van der Waals surface area contributed by atoms with Gasteiger partial charge >= 0.3 is 0 Å². The van der Waals surface area contributed by atoms with E-state index in [-0.39, 0.29) is 0 Å². The molecule has 5 heteroatoms. The number of nitrogens with one attached hydrogen (secondary N) is 1. The van der Waals surface area contributed by atoms with E-state index in [9.17, 15) is 8.42 Å². The van der Waals surface area contributed by atoms with Crippen molar-refractivity contribution in [1.29, 1.82) is 0 Å². The van der Waals surface area contributed by atoms with Crippen molar-refractivity contribution in [2.24, 2.45) is 0 Å². The van der Waals surface area contributed by atoms with Crippen molar-refractivity contribution in [2.75, 3.05) is 18.6 Å². The van der Waals surface area contributed by atoms with Gasteiger partial charge < -0.3 is 10.1 Å². The summed E-state index contributed by atoms with van der Waals surface area (Å²) in [4.78, 5) is 0. The molecule has 0 aliphatic carbocycles. The van der Waals surface area contributed by atoms with Crippen LogP contribution in [0, 0.1) is 0 Å². The lowest BCUT2D eigenvalue weighted by Crippen LogP contribution is -2.37. The standard InChI is InChI=1S/C13H19NO3S/c1-17-13-4-2-11(3-5-13)10-14-12-6-8-18(15,16)9-7-12/h2-5,12,14H,6-10H2,1H3. The predicted molar refractivity (Wildman–Crippen MR) is 71.5 cm³/mol. The Morgan fingerprint density at radius 1 is 1.22 bits per heavy atom. The molecule has 1 N–H and O–H groups in total. The largest absolute Gasteiger partial charge is 0.497 e. The molecule has 0 atom stereocenters.